The molecule has 0 amide bonds. The van der Waals surface area contributed by atoms with Crippen LogP contribution in [0.2, 0.25) is 0 Å². The third-order valence-corrected chi connectivity index (χ3v) is 2.43. The van der Waals surface area contributed by atoms with Crippen LogP contribution in [0.3, 0.4) is 0 Å². The molecule has 0 bridgehead atoms. The van der Waals surface area contributed by atoms with Gasteiger partial charge in [0, 0.05) is 6.20 Å². The predicted octanol–water partition coefficient (Wildman–Crippen LogP) is 2.44. The Labute approximate surface area is 98.0 Å². The van der Waals surface area contributed by atoms with E-state index in [0.29, 0.717) is 0 Å². The van der Waals surface area contributed by atoms with Crippen molar-refractivity contribution in [1.29, 1.82) is 5.26 Å². The molecule has 0 saturated carbocycles. The first-order chi connectivity index (χ1) is 7.52. The fourth-order valence-electron chi connectivity index (χ4n) is 1.11. The second-order valence-corrected chi connectivity index (χ2v) is 3.41. The van der Waals surface area contributed by atoms with E-state index < -0.39 is 23.5 Å². The fraction of sp³-hybridized carbons (Fsp3) is 0.222. The zero-order chi connectivity index (χ0) is 12.3. The number of esters is 1. The summed E-state index contributed by atoms with van der Waals surface area (Å²) in [5.74, 6) is -0.991. The molecule has 16 heavy (non-hydrogen) atoms. The predicted molar refractivity (Wildman–Crippen MR) is 52.9 cm³/mol. The summed E-state index contributed by atoms with van der Waals surface area (Å²) in [6.45, 7) is 0. The van der Waals surface area contributed by atoms with E-state index in [1.54, 1.807) is 6.07 Å². The van der Waals surface area contributed by atoms with Gasteiger partial charge in [-0.05, 0) is 15.9 Å². The Morgan fingerprint density at radius 1 is 1.69 bits per heavy atom. The van der Waals surface area contributed by atoms with Gasteiger partial charge in [0.05, 0.1) is 23.8 Å². The molecule has 1 heterocycles. The molecule has 1 rings (SSSR count). The van der Waals surface area contributed by atoms with Gasteiger partial charge in [0.25, 0.3) is 6.43 Å². The molecule has 0 saturated heterocycles. The van der Waals surface area contributed by atoms with Crippen LogP contribution in [0.5, 0.6) is 0 Å². The Balaban J connectivity index is 3.57. The molecule has 0 aromatic carbocycles. The van der Waals surface area contributed by atoms with Gasteiger partial charge in [0.15, 0.2) is 0 Å². The maximum absolute atomic E-state index is 12.7. The van der Waals surface area contributed by atoms with Gasteiger partial charge < -0.3 is 4.74 Å². The Bertz CT molecular complexity index is 471. The molecular formula is C9H5BrF2N2O2. The molecule has 0 N–H and O–H groups in total. The number of aromatic nitrogens is 1. The van der Waals surface area contributed by atoms with Crippen molar-refractivity contribution in [2.45, 2.75) is 6.43 Å². The second kappa shape index (κ2) is 4.99. The van der Waals surface area contributed by atoms with E-state index in [-0.39, 0.29) is 10.2 Å². The number of carbonyl (C=O) groups excluding carboxylic acids is 1. The van der Waals surface area contributed by atoms with Crippen molar-refractivity contribution in [1.82, 2.24) is 4.98 Å². The van der Waals surface area contributed by atoms with Crippen LogP contribution in [-0.2, 0) is 4.74 Å². The molecule has 0 aliphatic heterocycles. The van der Waals surface area contributed by atoms with Gasteiger partial charge in [-0.25, -0.2) is 18.6 Å². The van der Waals surface area contributed by atoms with E-state index in [4.69, 9.17) is 5.26 Å². The number of nitrogens with zero attached hydrogens (tertiary/aromatic N) is 2. The van der Waals surface area contributed by atoms with Crippen molar-refractivity contribution >= 4 is 21.9 Å². The zero-order valence-corrected chi connectivity index (χ0v) is 9.59. The van der Waals surface area contributed by atoms with E-state index in [1.807, 2.05) is 0 Å². The lowest BCUT2D eigenvalue weighted by Crippen LogP contribution is -2.10. The summed E-state index contributed by atoms with van der Waals surface area (Å²) in [6.07, 6.45) is -1.90. The van der Waals surface area contributed by atoms with Crippen LogP contribution in [0.15, 0.2) is 10.8 Å². The number of methoxy groups -OCH3 is 1. The van der Waals surface area contributed by atoms with Gasteiger partial charge in [0.2, 0.25) is 0 Å². The Morgan fingerprint density at radius 3 is 2.75 bits per heavy atom. The Kier molecular flexibility index (Phi) is 3.90. The monoisotopic (exact) mass is 290 g/mol. The summed E-state index contributed by atoms with van der Waals surface area (Å²) in [5.41, 5.74) is -1.34. The first-order valence-electron chi connectivity index (χ1n) is 3.97. The minimum Gasteiger partial charge on any atom is -0.465 e. The summed E-state index contributed by atoms with van der Waals surface area (Å²) in [4.78, 5) is 14.9. The minimum absolute atomic E-state index is 0.179. The summed E-state index contributed by atoms with van der Waals surface area (Å²) < 4.78 is 29.6. The highest BCUT2D eigenvalue weighted by atomic mass is 79.9. The van der Waals surface area contributed by atoms with Crippen molar-refractivity contribution in [2.24, 2.45) is 0 Å². The van der Waals surface area contributed by atoms with Crippen molar-refractivity contribution in [3.63, 3.8) is 0 Å². The number of ether oxygens (including phenoxy) is 1. The highest BCUT2D eigenvalue weighted by Gasteiger charge is 2.26. The molecule has 0 aliphatic carbocycles. The van der Waals surface area contributed by atoms with Gasteiger partial charge in [0.1, 0.15) is 10.7 Å². The zero-order valence-electron chi connectivity index (χ0n) is 8.00. The molecule has 0 spiro atoms. The quantitative estimate of drug-likeness (QED) is 0.620. The third kappa shape index (κ3) is 2.17. The molecule has 0 fully saturated rings. The number of carbonyl (C=O) groups is 1. The summed E-state index contributed by atoms with van der Waals surface area (Å²) in [6, 6.07) is 1.62. The lowest BCUT2D eigenvalue weighted by Gasteiger charge is -2.09. The third-order valence-electron chi connectivity index (χ3n) is 1.80. The van der Waals surface area contributed by atoms with Crippen LogP contribution in [0.1, 0.15) is 27.9 Å². The van der Waals surface area contributed by atoms with Gasteiger partial charge in [-0.1, -0.05) is 0 Å². The van der Waals surface area contributed by atoms with Gasteiger partial charge in [-0.15, -0.1) is 0 Å². The van der Waals surface area contributed by atoms with Crippen LogP contribution in [0.4, 0.5) is 8.78 Å². The van der Waals surface area contributed by atoms with E-state index in [1.165, 1.54) is 0 Å². The smallest absolute Gasteiger partial charge is 0.339 e. The molecule has 1 aromatic rings. The summed E-state index contributed by atoms with van der Waals surface area (Å²) in [5, 5.41) is 8.70. The van der Waals surface area contributed by atoms with Crippen LogP contribution < -0.4 is 0 Å². The molecule has 0 unspecified atom stereocenters. The van der Waals surface area contributed by atoms with Crippen LogP contribution in [0, 0.1) is 11.3 Å². The van der Waals surface area contributed by atoms with E-state index >= 15 is 0 Å². The van der Waals surface area contributed by atoms with E-state index in [9.17, 15) is 13.6 Å². The molecule has 0 aliphatic rings. The molecule has 0 radical (unpaired) electrons. The average Bonchev–Trinajstić information content (AvgIpc) is 2.27. The van der Waals surface area contributed by atoms with Gasteiger partial charge >= 0.3 is 5.97 Å². The summed E-state index contributed by atoms with van der Waals surface area (Å²) in [7, 11) is 1.05. The van der Waals surface area contributed by atoms with Gasteiger partial charge in [-0.3, -0.25) is 0 Å². The molecule has 84 valence electrons. The minimum atomic E-state index is -2.93. The lowest BCUT2D eigenvalue weighted by atomic mass is 10.1. The summed E-state index contributed by atoms with van der Waals surface area (Å²) >= 11 is 2.80. The molecule has 1 aromatic heterocycles. The van der Waals surface area contributed by atoms with Crippen molar-refractivity contribution in [3.05, 3.63) is 27.5 Å². The average molecular weight is 291 g/mol. The molecule has 0 atom stereocenters. The number of hydrogen-bond acceptors (Lipinski definition) is 4. The van der Waals surface area contributed by atoms with Crippen LogP contribution >= 0.6 is 15.9 Å². The van der Waals surface area contributed by atoms with Crippen molar-refractivity contribution in [2.75, 3.05) is 7.11 Å². The Morgan fingerprint density at radius 2 is 2.31 bits per heavy atom. The number of hydrogen-bond donors (Lipinski definition) is 0. The highest BCUT2D eigenvalue weighted by molar-refractivity contribution is 9.10. The number of pyridine rings is 1. The fourth-order valence-corrected chi connectivity index (χ4v) is 1.58. The maximum atomic E-state index is 12.7. The first kappa shape index (κ1) is 12.5. The highest BCUT2D eigenvalue weighted by Crippen LogP contribution is 2.31. The first-order valence-corrected chi connectivity index (χ1v) is 4.77. The second-order valence-electron chi connectivity index (χ2n) is 2.66. The van der Waals surface area contributed by atoms with E-state index in [2.05, 4.69) is 25.7 Å². The van der Waals surface area contributed by atoms with Crippen LogP contribution in [-0.4, -0.2) is 18.1 Å². The van der Waals surface area contributed by atoms with E-state index in [0.717, 1.165) is 13.3 Å². The standard InChI is InChI=1S/C9H5BrF2N2O2/c1-16-9(15)5-4(2-13)3-14-7(10)6(5)8(11)12/h3,8H,1H3. The molecule has 7 heteroatoms. The maximum Gasteiger partial charge on any atom is 0.339 e. The molecule has 4 nitrogen and oxygen atoms in total. The largest absolute Gasteiger partial charge is 0.465 e. The van der Waals surface area contributed by atoms with Gasteiger partial charge in [-0.2, -0.15) is 5.26 Å². The normalized spacial score (nSPS) is 10.0. The number of alkyl halides is 2. The number of nitriles is 1. The number of rotatable bonds is 2. The lowest BCUT2D eigenvalue weighted by molar-refractivity contribution is 0.0588. The van der Waals surface area contributed by atoms with Crippen molar-refractivity contribution in [3.8, 4) is 6.07 Å². The SMILES string of the molecule is COC(=O)c1c(C#N)cnc(Br)c1C(F)F. The number of halogens is 3. The van der Waals surface area contributed by atoms with Crippen molar-refractivity contribution < 1.29 is 18.3 Å². The topological polar surface area (TPSA) is 63.0 Å². The molecular weight excluding hydrogens is 286 g/mol. The van der Waals surface area contributed by atoms with Crippen LogP contribution in [0.25, 0.3) is 0 Å². The Hall–Kier alpha value is -1.55.